The number of hydrogen-bond acceptors (Lipinski definition) is 4. The van der Waals surface area contributed by atoms with Gasteiger partial charge in [-0.1, -0.05) is 6.92 Å². The lowest BCUT2D eigenvalue weighted by atomic mass is 9.96. The fourth-order valence-corrected chi connectivity index (χ4v) is 3.90. The molecular weight excluding hydrogens is 284 g/mol. The number of rotatable bonds is 5. The van der Waals surface area contributed by atoms with Crippen LogP contribution >= 0.6 is 0 Å². The van der Waals surface area contributed by atoms with E-state index < -0.39 is 0 Å². The van der Waals surface area contributed by atoms with Crippen LogP contribution < -0.4 is 0 Å². The molecule has 0 aromatic carbocycles. The van der Waals surface area contributed by atoms with E-state index in [2.05, 4.69) is 61.1 Å². The van der Waals surface area contributed by atoms with Crippen LogP contribution in [0.15, 0.2) is 0 Å². The van der Waals surface area contributed by atoms with Crippen LogP contribution in [-0.4, -0.2) is 96.1 Å². The minimum absolute atomic E-state index is 0.324. The molecule has 2 fully saturated rings. The summed E-state index contributed by atoms with van der Waals surface area (Å²) in [6.07, 6.45) is 1.29. The second-order valence-corrected chi connectivity index (χ2v) is 8.98. The second-order valence-electron chi connectivity index (χ2n) is 8.98. The van der Waals surface area contributed by atoms with Gasteiger partial charge in [0.15, 0.2) is 0 Å². The van der Waals surface area contributed by atoms with Gasteiger partial charge in [0.05, 0.1) is 0 Å². The van der Waals surface area contributed by atoms with Crippen LogP contribution in [0.2, 0.25) is 0 Å². The summed E-state index contributed by atoms with van der Waals surface area (Å²) in [4.78, 5) is 10.6. The molecule has 0 aliphatic carbocycles. The Morgan fingerprint density at radius 1 is 0.652 bits per heavy atom. The van der Waals surface area contributed by atoms with Crippen molar-refractivity contribution in [2.75, 3.05) is 65.4 Å². The summed E-state index contributed by atoms with van der Waals surface area (Å²) in [5, 5.41) is 0. The van der Waals surface area contributed by atoms with Gasteiger partial charge in [-0.05, 0) is 54.1 Å². The van der Waals surface area contributed by atoms with Gasteiger partial charge in [-0.3, -0.25) is 9.80 Å². The quantitative estimate of drug-likeness (QED) is 0.769. The molecule has 0 bridgehead atoms. The molecule has 0 amide bonds. The Balaban J connectivity index is 1.73. The largest absolute Gasteiger partial charge is 0.301 e. The standard InChI is InChI=1S/C19H40N4/c1-7-20-10-16-23(17-11-20)19(5,6)8-9-21-12-14-22(15-13-21)18(2,3)4/h7-17H2,1-6H3. The Bertz CT molecular complexity index is 345. The lowest BCUT2D eigenvalue weighted by Crippen LogP contribution is -2.56. The SMILES string of the molecule is CCN1CCN(C(C)(C)CCN2CCN(C(C)(C)C)CC2)CC1. The smallest absolute Gasteiger partial charge is 0.0166 e. The molecule has 0 radical (unpaired) electrons. The van der Waals surface area contributed by atoms with Gasteiger partial charge >= 0.3 is 0 Å². The predicted molar refractivity (Wildman–Crippen MR) is 100 cm³/mol. The zero-order chi connectivity index (χ0) is 17.1. The molecule has 2 saturated heterocycles. The molecule has 0 N–H and O–H groups in total. The molecule has 2 rings (SSSR count). The first-order chi connectivity index (χ1) is 10.7. The highest BCUT2D eigenvalue weighted by Crippen LogP contribution is 2.22. The van der Waals surface area contributed by atoms with Crippen LogP contribution in [0.4, 0.5) is 0 Å². The third-order valence-electron chi connectivity index (χ3n) is 6.04. The van der Waals surface area contributed by atoms with Crippen LogP contribution in [0.5, 0.6) is 0 Å². The number of likely N-dealkylation sites (N-methyl/N-ethyl adjacent to an activating group) is 1. The van der Waals surface area contributed by atoms with E-state index >= 15 is 0 Å². The van der Waals surface area contributed by atoms with E-state index in [9.17, 15) is 0 Å². The summed E-state index contributed by atoms with van der Waals surface area (Å²) in [6.45, 7) is 26.5. The third kappa shape index (κ3) is 5.42. The minimum atomic E-state index is 0.324. The molecule has 2 aliphatic rings. The minimum Gasteiger partial charge on any atom is -0.301 e. The molecule has 4 heteroatoms. The van der Waals surface area contributed by atoms with Crippen LogP contribution in [0, 0.1) is 0 Å². The van der Waals surface area contributed by atoms with Gasteiger partial charge in [0.25, 0.3) is 0 Å². The Labute approximate surface area is 144 Å². The molecule has 0 unspecified atom stereocenters. The summed E-state index contributed by atoms with van der Waals surface area (Å²) >= 11 is 0. The summed E-state index contributed by atoms with van der Waals surface area (Å²) in [6, 6.07) is 0. The lowest BCUT2D eigenvalue weighted by molar-refractivity contribution is 0.0280. The fourth-order valence-electron chi connectivity index (χ4n) is 3.90. The molecule has 2 aliphatic heterocycles. The highest BCUT2D eigenvalue weighted by Gasteiger charge is 2.31. The summed E-state index contributed by atoms with van der Waals surface area (Å²) in [5.74, 6) is 0. The van der Waals surface area contributed by atoms with Crippen molar-refractivity contribution in [3.8, 4) is 0 Å². The third-order valence-corrected chi connectivity index (χ3v) is 6.04. The van der Waals surface area contributed by atoms with Crippen molar-refractivity contribution in [3.05, 3.63) is 0 Å². The maximum atomic E-state index is 2.71. The molecule has 136 valence electrons. The van der Waals surface area contributed by atoms with E-state index in [1.165, 1.54) is 71.9 Å². The summed E-state index contributed by atoms with van der Waals surface area (Å²) in [5.41, 5.74) is 0.658. The molecule has 0 aromatic heterocycles. The molecular formula is C19H40N4. The average Bonchev–Trinajstić information content (AvgIpc) is 2.53. The monoisotopic (exact) mass is 324 g/mol. The van der Waals surface area contributed by atoms with Gasteiger partial charge in [0, 0.05) is 63.4 Å². The van der Waals surface area contributed by atoms with Crippen LogP contribution in [0.3, 0.4) is 0 Å². The Hall–Kier alpha value is -0.160. The fraction of sp³-hybridized carbons (Fsp3) is 1.00. The van der Waals surface area contributed by atoms with Crippen molar-refractivity contribution in [2.24, 2.45) is 0 Å². The van der Waals surface area contributed by atoms with Gasteiger partial charge in [-0.25, -0.2) is 0 Å². The molecule has 23 heavy (non-hydrogen) atoms. The normalized spacial score (nSPS) is 24.3. The van der Waals surface area contributed by atoms with Crippen molar-refractivity contribution in [1.82, 2.24) is 19.6 Å². The van der Waals surface area contributed by atoms with E-state index in [1.807, 2.05) is 0 Å². The van der Waals surface area contributed by atoms with E-state index in [1.54, 1.807) is 0 Å². The molecule has 4 nitrogen and oxygen atoms in total. The first kappa shape index (κ1) is 19.2. The Kier molecular flexibility index (Phi) is 6.51. The molecule has 0 aromatic rings. The van der Waals surface area contributed by atoms with Crippen LogP contribution in [-0.2, 0) is 0 Å². The van der Waals surface area contributed by atoms with Gasteiger partial charge in [-0.15, -0.1) is 0 Å². The number of piperazine rings is 2. The van der Waals surface area contributed by atoms with E-state index in [0.29, 0.717) is 11.1 Å². The van der Waals surface area contributed by atoms with E-state index in [4.69, 9.17) is 0 Å². The highest BCUT2D eigenvalue weighted by molar-refractivity contribution is 4.88. The molecule has 2 heterocycles. The van der Waals surface area contributed by atoms with Gasteiger partial charge in [-0.2, -0.15) is 0 Å². The highest BCUT2D eigenvalue weighted by atomic mass is 15.3. The lowest BCUT2D eigenvalue weighted by Gasteiger charge is -2.46. The zero-order valence-corrected chi connectivity index (χ0v) is 16.6. The van der Waals surface area contributed by atoms with E-state index in [-0.39, 0.29) is 0 Å². The van der Waals surface area contributed by atoms with Crippen molar-refractivity contribution in [3.63, 3.8) is 0 Å². The molecule has 0 spiro atoms. The Morgan fingerprint density at radius 3 is 1.61 bits per heavy atom. The molecule has 0 atom stereocenters. The Morgan fingerprint density at radius 2 is 1.13 bits per heavy atom. The maximum Gasteiger partial charge on any atom is 0.0166 e. The summed E-state index contributed by atoms with van der Waals surface area (Å²) < 4.78 is 0. The second kappa shape index (κ2) is 7.81. The van der Waals surface area contributed by atoms with Crippen molar-refractivity contribution >= 4 is 0 Å². The predicted octanol–water partition coefficient (Wildman–Crippen LogP) is 2.21. The van der Waals surface area contributed by atoms with Gasteiger partial charge in [0.1, 0.15) is 0 Å². The van der Waals surface area contributed by atoms with Gasteiger partial charge in [0.2, 0.25) is 0 Å². The summed E-state index contributed by atoms with van der Waals surface area (Å²) in [7, 11) is 0. The van der Waals surface area contributed by atoms with Crippen molar-refractivity contribution in [2.45, 2.75) is 59.0 Å². The topological polar surface area (TPSA) is 13.0 Å². The first-order valence-corrected chi connectivity index (χ1v) is 9.67. The van der Waals surface area contributed by atoms with Crippen molar-refractivity contribution < 1.29 is 0 Å². The van der Waals surface area contributed by atoms with Crippen molar-refractivity contribution in [1.29, 1.82) is 0 Å². The maximum absolute atomic E-state index is 2.71. The zero-order valence-electron chi connectivity index (χ0n) is 16.6. The average molecular weight is 325 g/mol. The van der Waals surface area contributed by atoms with Gasteiger partial charge < -0.3 is 9.80 Å². The number of hydrogen-bond donors (Lipinski definition) is 0. The number of nitrogens with zero attached hydrogens (tertiary/aromatic N) is 4. The van der Waals surface area contributed by atoms with E-state index in [0.717, 1.165) is 0 Å². The van der Waals surface area contributed by atoms with Crippen LogP contribution in [0.25, 0.3) is 0 Å². The van der Waals surface area contributed by atoms with Crippen LogP contribution in [0.1, 0.15) is 48.0 Å². The first-order valence-electron chi connectivity index (χ1n) is 9.67. The molecule has 0 saturated carbocycles.